The van der Waals surface area contributed by atoms with Crippen LogP contribution in [0.4, 0.5) is 5.69 Å². The minimum absolute atomic E-state index is 0.0691. The highest BCUT2D eigenvalue weighted by Crippen LogP contribution is 2.39. The van der Waals surface area contributed by atoms with Crippen molar-refractivity contribution < 1.29 is 9.84 Å². The number of halogens is 2. The first-order valence-electron chi connectivity index (χ1n) is 4.78. The molecular weight excluding hydrogens is 261 g/mol. The van der Waals surface area contributed by atoms with E-state index in [-0.39, 0.29) is 15.8 Å². The molecule has 0 bridgehead atoms. The number of ether oxygens (including phenoxy) is 1. The summed E-state index contributed by atoms with van der Waals surface area (Å²) in [5.74, 6) is 0.878. The van der Waals surface area contributed by atoms with Crippen LogP contribution in [0, 0.1) is 0 Å². The first kappa shape index (κ1) is 11.9. The van der Waals surface area contributed by atoms with Crippen molar-refractivity contribution in [3.63, 3.8) is 0 Å². The maximum atomic E-state index is 9.34. The second kappa shape index (κ2) is 4.73. The molecule has 0 spiro atoms. The van der Waals surface area contributed by atoms with E-state index < -0.39 is 0 Å². The van der Waals surface area contributed by atoms with Gasteiger partial charge in [-0.1, -0.05) is 23.2 Å². The fraction of sp³-hybridized carbons (Fsp3) is 0. The van der Waals surface area contributed by atoms with Gasteiger partial charge in [-0.2, -0.15) is 0 Å². The summed E-state index contributed by atoms with van der Waals surface area (Å²) < 4.78 is 5.52. The van der Waals surface area contributed by atoms with Gasteiger partial charge in [0, 0.05) is 5.69 Å². The van der Waals surface area contributed by atoms with Gasteiger partial charge in [0.25, 0.3) is 0 Å². The third kappa shape index (κ3) is 2.57. The molecule has 0 fully saturated rings. The molecule has 0 aromatic heterocycles. The summed E-state index contributed by atoms with van der Waals surface area (Å²) in [4.78, 5) is 0. The van der Waals surface area contributed by atoms with Gasteiger partial charge in [-0.05, 0) is 36.4 Å². The molecule has 0 atom stereocenters. The van der Waals surface area contributed by atoms with Crippen molar-refractivity contribution in [2.75, 3.05) is 5.73 Å². The lowest BCUT2D eigenvalue weighted by molar-refractivity contribution is 0.465. The third-order valence-electron chi connectivity index (χ3n) is 2.13. The Morgan fingerprint density at radius 1 is 0.941 bits per heavy atom. The Kier molecular flexibility index (Phi) is 3.31. The Bertz CT molecular complexity index is 541. The van der Waals surface area contributed by atoms with Gasteiger partial charge in [0.15, 0.2) is 0 Å². The van der Waals surface area contributed by atoms with Gasteiger partial charge in [-0.3, -0.25) is 0 Å². The van der Waals surface area contributed by atoms with Gasteiger partial charge >= 0.3 is 0 Å². The number of hydrogen-bond acceptors (Lipinski definition) is 3. The second-order valence-corrected chi connectivity index (χ2v) is 4.14. The molecule has 17 heavy (non-hydrogen) atoms. The van der Waals surface area contributed by atoms with Crippen molar-refractivity contribution in [3.8, 4) is 17.2 Å². The number of phenolic OH excluding ortho intramolecular Hbond substituents is 1. The zero-order valence-electron chi connectivity index (χ0n) is 8.65. The topological polar surface area (TPSA) is 55.5 Å². The molecule has 3 N–H and O–H groups in total. The van der Waals surface area contributed by atoms with E-state index >= 15 is 0 Å². The van der Waals surface area contributed by atoms with Crippen LogP contribution in [0.25, 0.3) is 0 Å². The fourth-order valence-electron chi connectivity index (χ4n) is 1.26. The standard InChI is InChI=1S/C12H9Cl2NO2/c13-11-9(16)5-6-10(12(11)14)17-8-3-1-7(15)2-4-8/h1-6,16H,15H2. The number of nitrogens with two attached hydrogens (primary N) is 1. The van der Waals surface area contributed by atoms with Crippen molar-refractivity contribution in [1.29, 1.82) is 0 Å². The molecule has 88 valence electrons. The number of anilines is 1. The van der Waals surface area contributed by atoms with Crippen LogP contribution in [0.5, 0.6) is 17.2 Å². The molecule has 2 rings (SSSR count). The summed E-state index contributed by atoms with van der Waals surface area (Å²) in [6.07, 6.45) is 0. The highest BCUT2D eigenvalue weighted by molar-refractivity contribution is 6.43. The lowest BCUT2D eigenvalue weighted by Gasteiger charge is -2.09. The minimum atomic E-state index is -0.0821. The van der Waals surface area contributed by atoms with Crippen LogP contribution in [-0.2, 0) is 0 Å². The van der Waals surface area contributed by atoms with Crippen LogP contribution in [0.3, 0.4) is 0 Å². The van der Waals surface area contributed by atoms with E-state index in [1.807, 2.05) is 0 Å². The largest absolute Gasteiger partial charge is 0.506 e. The first-order valence-corrected chi connectivity index (χ1v) is 5.54. The number of phenols is 1. The molecule has 3 nitrogen and oxygen atoms in total. The quantitative estimate of drug-likeness (QED) is 0.808. The van der Waals surface area contributed by atoms with Crippen LogP contribution in [0.15, 0.2) is 36.4 Å². The molecule has 0 unspecified atom stereocenters. The zero-order chi connectivity index (χ0) is 12.4. The van der Waals surface area contributed by atoms with Crippen LogP contribution in [-0.4, -0.2) is 5.11 Å². The highest BCUT2D eigenvalue weighted by Gasteiger charge is 2.10. The highest BCUT2D eigenvalue weighted by atomic mass is 35.5. The smallest absolute Gasteiger partial charge is 0.147 e. The number of hydrogen-bond donors (Lipinski definition) is 2. The van der Waals surface area contributed by atoms with E-state index in [0.29, 0.717) is 17.2 Å². The molecule has 0 aliphatic carbocycles. The van der Waals surface area contributed by atoms with Gasteiger partial charge in [0.05, 0.1) is 0 Å². The zero-order valence-corrected chi connectivity index (χ0v) is 10.2. The molecule has 0 amide bonds. The number of aromatic hydroxyl groups is 1. The normalized spacial score (nSPS) is 10.2. The summed E-state index contributed by atoms with van der Waals surface area (Å²) in [5, 5.41) is 9.58. The number of nitrogen functional groups attached to an aromatic ring is 1. The van der Waals surface area contributed by atoms with Crippen LogP contribution >= 0.6 is 23.2 Å². The van der Waals surface area contributed by atoms with Crippen LogP contribution < -0.4 is 10.5 Å². The molecule has 0 saturated heterocycles. The Balaban J connectivity index is 2.30. The summed E-state index contributed by atoms with van der Waals surface area (Å²) >= 11 is 11.7. The minimum Gasteiger partial charge on any atom is -0.506 e. The predicted octanol–water partition coefficient (Wildman–Crippen LogP) is 4.07. The predicted molar refractivity (Wildman–Crippen MR) is 69.1 cm³/mol. The first-order chi connectivity index (χ1) is 8.08. The monoisotopic (exact) mass is 269 g/mol. The van der Waals surface area contributed by atoms with E-state index in [4.69, 9.17) is 33.7 Å². The molecule has 0 aliphatic rings. The van der Waals surface area contributed by atoms with Crippen molar-refractivity contribution >= 4 is 28.9 Å². The van der Waals surface area contributed by atoms with Crippen LogP contribution in [0.2, 0.25) is 10.0 Å². The summed E-state index contributed by atoms with van der Waals surface area (Å²) in [7, 11) is 0. The molecule has 0 saturated carbocycles. The Morgan fingerprint density at radius 3 is 2.24 bits per heavy atom. The number of benzene rings is 2. The molecular formula is C12H9Cl2NO2. The van der Waals surface area contributed by atoms with Crippen molar-refractivity contribution in [3.05, 3.63) is 46.4 Å². The molecule has 0 heterocycles. The Hall–Kier alpha value is -1.58. The molecule has 2 aromatic carbocycles. The van der Waals surface area contributed by atoms with Gasteiger partial charge in [-0.25, -0.2) is 0 Å². The molecule has 5 heteroatoms. The fourth-order valence-corrected chi connectivity index (χ4v) is 1.62. The van der Waals surface area contributed by atoms with E-state index in [9.17, 15) is 5.11 Å². The lowest BCUT2D eigenvalue weighted by atomic mass is 10.3. The van der Waals surface area contributed by atoms with Gasteiger partial charge in [-0.15, -0.1) is 0 Å². The summed E-state index contributed by atoms with van der Waals surface area (Å²) in [5.41, 5.74) is 6.20. The van der Waals surface area contributed by atoms with Crippen molar-refractivity contribution in [2.24, 2.45) is 0 Å². The van der Waals surface area contributed by atoms with Gasteiger partial charge in [0.2, 0.25) is 0 Å². The SMILES string of the molecule is Nc1ccc(Oc2ccc(O)c(Cl)c2Cl)cc1. The lowest BCUT2D eigenvalue weighted by Crippen LogP contribution is -1.88. The summed E-state index contributed by atoms with van der Waals surface area (Å²) in [6.45, 7) is 0. The maximum Gasteiger partial charge on any atom is 0.147 e. The van der Waals surface area contributed by atoms with Gasteiger partial charge in [0.1, 0.15) is 27.3 Å². The average molecular weight is 270 g/mol. The second-order valence-electron chi connectivity index (χ2n) is 3.38. The Labute approximate surface area is 108 Å². The van der Waals surface area contributed by atoms with E-state index in [1.165, 1.54) is 6.07 Å². The third-order valence-corrected chi connectivity index (χ3v) is 2.99. The number of rotatable bonds is 2. The van der Waals surface area contributed by atoms with Crippen LogP contribution in [0.1, 0.15) is 0 Å². The van der Waals surface area contributed by atoms with Crippen molar-refractivity contribution in [2.45, 2.75) is 0 Å². The summed E-state index contributed by atoms with van der Waals surface area (Å²) in [6, 6.07) is 9.82. The Morgan fingerprint density at radius 2 is 1.59 bits per heavy atom. The van der Waals surface area contributed by atoms with E-state index in [2.05, 4.69) is 0 Å². The molecule has 2 aromatic rings. The van der Waals surface area contributed by atoms with E-state index in [1.54, 1.807) is 30.3 Å². The molecule has 0 radical (unpaired) electrons. The van der Waals surface area contributed by atoms with Gasteiger partial charge < -0.3 is 15.6 Å². The van der Waals surface area contributed by atoms with E-state index in [0.717, 1.165) is 0 Å². The van der Waals surface area contributed by atoms with Crippen molar-refractivity contribution in [1.82, 2.24) is 0 Å². The average Bonchev–Trinajstić information content (AvgIpc) is 2.33. The maximum absolute atomic E-state index is 9.34. The molecule has 0 aliphatic heterocycles.